The summed E-state index contributed by atoms with van der Waals surface area (Å²) in [4.78, 5) is 47.7. The van der Waals surface area contributed by atoms with Crippen molar-refractivity contribution in [3.8, 4) is 0 Å². The molecule has 1 aromatic heterocycles. The molecule has 8 heteroatoms. The van der Waals surface area contributed by atoms with E-state index >= 15 is 0 Å². The molecule has 1 aromatic carbocycles. The molecule has 3 N–H and O–H groups in total. The topological polar surface area (TPSA) is 107 Å². The van der Waals surface area contributed by atoms with E-state index in [-0.39, 0.29) is 41.2 Å². The first-order valence-electron chi connectivity index (χ1n) is 10.4. The molecule has 1 saturated heterocycles. The number of amides is 2. The lowest BCUT2D eigenvalue weighted by molar-refractivity contribution is -0.123. The van der Waals surface area contributed by atoms with Crippen LogP contribution in [0.25, 0.3) is 0 Å². The Labute approximate surface area is 175 Å². The number of aryl methyl sites for hydroxylation is 2. The molecule has 2 atom stereocenters. The number of rotatable bonds is 3. The molecule has 4 rings (SSSR count). The first-order chi connectivity index (χ1) is 14.3. The third-order valence-corrected chi connectivity index (χ3v) is 5.97. The van der Waals surface area contributed by atoms with E-state index < -0.39 is 5.92 Å². The van der Waals surface area contributed by atoms with Crippen LogP contribution in [0.1, 0.15) is 55.2 Å². The number of hydrogen-bond donors (Lipinski definition) is 3. The molecule has 8 nitrogen and oxygen atoms in total. The van der Waals surface area contributed by atoms with E-state index in [0.717, 1.165) is 36.9 Å². The van der Waals surface area contributed by atoms with E-state index in [2.05, 4.69) is 32.4 Å². The molecule has 2 aliphatic rings. The highest BCUT2D eigenvalue weighted by molar-refractivity contribution is 6.04. The molecule has 0 bridgehead atoms. The number of benzene rings is 1. The van der Waals surface area contributed by atoms with Crippen molar-refractivity contribution < 1.29 is 9.59 Å². The predicted octanol–water partition coefficient (Wildman–Crippen LogP) is 2.83. The van der Waals surface area contributed by atoms with Crippen LogP contribution in [-0.4, -0.2) is 34.4 Å². The SMILES string of the molecule is Cc1ccc(NC(=O)[C@@H]2CC(=O)Nc3nc(N4CCCC[C@@H]4C)[nH]c(=O)c32)c(C)c1. The van der Waals surface area contributed by atoms with Crippen molar-refractivity contribution in [2.24, 2.45) is 0 Å². The summed E-state index contributed by atoms with van der Waals surface area (Å²) in [5, 5.41) is 5.56. The maximum atomic E-state index is 13.0. The van der Waals surface area contributed by atoms with Crippen molar-refractivity contribution in [3.05, 3.63) is 45.2 Å². The van der Waals surface area contributed by atoms with Crippen LogP contribution < -0.4 is 21.1 Å². The zero-order valence-electron chi connectivity index (χ0n) is 17.5. The lowest BCUT2D eigenvalue weighted by Crippen LogP contribution is -2.42. The van der Waals surface area contributed by atoms with E-state index in [1.807, 2.05) is 32.0 Å². The van der Waals surface area contributed by atoms with Gasteiger partial charge in [0, 0.05) is 24.7 Å². The highest BCUT2D eigenvalue weighted by atomic mass is 16.2. The van der Waals surface area contributed by atoms with Crippen molar-refractivity contribution in [2.45, 2.75) is 58.4 Å². The van der Waals surface area contributed by atoms with Crippen LogP contribution >= 0.6 is 0 Å². The number of carbonyl (C=O) groups excluding carboxylic acids is 2. The van der Waals surface area contributed by atoms with Gasteiger partial charge in [0.25, 0.3) is 5.56 Å². The summed E-state index contributed by atoms with van der Waals surface area (Å²) in [5.74, 6) is -0.966. The Balaban J connectivity index is 1.66. The first kappa shape index (κ1) is 20.1. The largest absolute Gasteiger partial charge is 0.340 e. The van der Waals surface area contributed by atoms with Gasteiger partial charge in [-0.25, -0.2) is 0 Å². The van der Waals surface area contributed by atoms with Crippen molar-refractivity contribution in [1.29, 1.82) is 0 Å². The number of piperidine rings is 1. The molecule has 2 amide bonds. The summed E-state index contributed by atoms with van der Waals surface area (Å²) < 4.78 is 0. The standard InChI is InChI=1S/C22H27N5O3/c1-12-7-8-16(13(2)10-12)23-20(29)15-11-17(28)24-19-18(15)21(30)26-22(25-19)27-9-5-4-6-14(27)3/h7-8,10,14-15H,4-6,9,11H2,1-3H3,(H,23,29)(H2,24,25,26,28,30)/t14-,15+/m0/s1. The smallest absolute Gasteiger partial charge is 0.258 e. The average Bonchev–Trinajstić information content (AvgIpc) is 2.69. The van der Waals surface area contributed by atoms with Crippen molar-refractivity contribution in [1.82, 2.24) is 9.97 Å². The lowest BCUT2D eigenvalue weighted by Gasteiger charge is -2.34. The van der Waals surface area contributed by atoms with Crippen molar-refractivity contribution in [3.63, 3.8) is 0 Å². The summed E-state index contributed by atoms with van der Waals surface area (Å²) in [6, 6.07) is 5.96. The highest BCUT2D eigenvalue weighted by Crippen LogP contribution is 2.31. The minimum atomic E-state index is -0.890. The van der Waals surface area contributed by atoms with Crippen LogP contribution in [0.2, 0.25) is 0 Å². The monoisotopic (exact) mass is 409 g/mol. The summed E-state index contributed by atoms with van der Waals surface area (Å²) >= 11 is 0. The third-order valence-electron chi connectivity index (χ3n) is 5.97. The predicted molar refractivity (Wildman–Crippen MR) is 116 cm³/mol. The molecule has 2 aromatic rings. The molecular formula is C22H27N5O3. The highest BCUT2D eigenvalue weighted by Gasteiger charge is 2.35. The molecular weight excluding hydrogens is 382 g/mol. The number of aromatic amines is 1. The van der Waals surface area contributed by atoms with Crippen LogP contribution in [0.4, 0.5) is 17.5 Å². The van der Waals surface area contributed by atoms with Gasteiger partial charge in [-0.15, -0.1) is 0 Å². The Bertz CT molecular complexity index is 1060. The number of fused-ring (bicyclic) bond motifs is 1. The zero-order valence-corrected chi connectivity index (χ0v) is 17.5. The molecule has 0 saturated carbocycles. The Morgan fingerprint density at radius 3 is 2.77 bits per heavy atom. The number of aromatic nitrogens is 2. The second-order valence-corrected chi connectivity index (χ2v) is 8.30. The first-order valence-corrected chi connectivity index (χ1v) is 10.4. The summed E-state index contributed by atoms with van der Waals surface area (Å²) in [7, 11) is 0. The van der Waals surface area contributed by atoms with Gasteiger partial charge in [0.05, 0.1) is 11.5 Å². The van der Waals surface area contributed by atoms with Crippen LogP contribution in [-0.2, 0) is 9.59 Å². The maximum absolute atomic E-state index is 13.0. The number of H-pyrrole nitrogens is 1. The summed E-state index contributed by atoms with van der Waals surface area (Å²) in [6.45, 7) is 6.78. The van der Waals surface area contributed by atoms with Crippen LogP contribution in [0.15, 0.2) is 23.0 Å². The normalized spacial score (nSPS) is 21.0. The fourth-order valence-electron chi connectivity index (χ4n) is 4.31. The van der Waals surface area contributed by atoms with Crippen molar-refractivity contribution >= 4 is 29.3 Å². The van der Waals surface area contributed by atoms with Gasteiger partial charge in [0.15, 0.2) is 0 Å². The second-order valence-electron chi connectivity index (χ2n) is 8.30. The molecule has 0 spiro atoms. The van der Waals surface area contributed by atoms with E-state index in [1.165, 1.54) is 0 Å². The van der Waals surface area contributed by atoms with Crippen LogP contribution in [0.3, 0.4) is 0 Å². The molecule has 0 radical (unpaired) electrons. The Morgan fingerprint density at radius 2 is 2.03 bits per heavy atom. The Kier molecular flexibility index (Phi) is 5.32. The molecule has 30 heavy (non-hydrogen) atoms. The van der Waals surface area contributed by atoms with Gasteiger partial charge < -0.3 is 15.5 Å². The maximum Gasteiger partial charge on any atom is 0.258 e. The third kappa shape index (κ3) is 3.81. The second kappa shape index (κ2) is 7.93. The lowest BCUT2D eigenvalue weighted by atomic mass is 9.92. The molecule has 2 aliphatic heterocycles. The van der Waals surface area contributed by atoms with Gasteiger partial charge in [-0.05, 0) is 51.7 Å². The zero-order chi connectivity index (χ0) is 21.4. The van der Waals surface area contributed by atoms with Crippen molar-refractivity contribution in [2.75, 3.05) is 22.1 Å². The van der Waals surface area contributed by atoms with Crippen LogP contribution in [0, 0.1) is 13.8 Å². The molecule has 0 unspecified atom stereocenters. The fourth-order valence-corrected chi connectivity index (χ4v) is 4.31. The van der Waals surface area contributed by atoms with Gasteiger partial charge >= 0.3 is 0 Å². The van der Waals surface area contributed by atoms with E-state index in [0.29, 0.717) is 11.6 Å². The molecule has 0 aliphatic carbocycles. The Hall–Kier alpha value is -3.16. The number of anilines is 3. The number of nitrogens with one attached hydrogen (secondary N) is 3. The van der Waals surface area contributed by atoms with E-state index in [9.17, 15) is 14.4 Å². The minimum Gasteiger partial charge on any atom is -0.340 e. The number of hydrogen-bond acceptors (Lipinski definition) is 5. The van der Waals surface area contributed by atoms with Gasteiger partial charge in [-0.3, -0.25) is 19.4 Å². The van der Waals surface area contributed by atoms with Gasteiger partial charge in [-0.2, -0.15) is 4.98 Å². The summed E-state index contributed by atoms with van der Waals surface area (Å²) in [6.07, 6.45) is 3.10. The van der Waals surface area contributed by atoms with E-state index in [1.54, 1.807) is 0 Å². The van der Waals surface area contributed by atoms with Gasteiger partial charge in [-0.1, -0.05) is 17.7 Å². The Morgan fingerprint density at radius 1 is 1.23 bits per heavy atom. The average molecular weight is 409 g/mol. The fraction of sp³-hybridized carbons (Fsp3) is 0.455. The summed E-state index contributed by atoms with van der Waals surface area (Å²) in [5.41, 5.74) is 2.51. The number of carbonyl (C=O) groups is 2. The van der Waals surface area contributed by atoms with E-state index in [4.69, 9.17) is 0 Å². The van der Waals surface area contributed by atoms with Gasteiger partial charge in [0.2, 0.25) is 17.8 Å². The molecule has 158 valence electrons. The van der Waals surface area contributed by atoms with Crippen LogP contribution in [0.5, 0.6) is 0 Å². The number of nitrogens with zero attached hydrogens (tertiary/aromatic N) is 2. The molecule has 3 heterocycles. The van der Waals surface area contributed by atoms with Gasteiger partial charge in [0.1, 0.15) is 5.82 Å². The molecule has 1 fully saturated rings. The minimum absolute atomic E-state index is 0.0893. The quantitative estimate of drug-likeness (QED) is 0.723.